The van der Waals surface area contributed by atoms with Crippen LogP contribution in [0.15, 0.2) is 28.7 Å². The predicted octanol–water partition coefficient (Wildman–Crippen LogP) is 5.98. The number of carbonyl (C=O) groups excluding carboxylic acids is 2. The van der Waals surface area contributed by atoms with E-state index >= 15 is 0 Å². The van der Waals surface area contributed by atoms with E-state index in [0.29, 0.717) is 16.1 Å². The highest BCUT2D eigenvalue weighted by Crippen LogP contribution is 2.38. The van der Waals surface area contributed by atoms with E-state index in [9.17, 15) is 9.59 Å². The Balaban J connectivity index is 1.77. The number of carbonyl (C=O) groups is 2. The Hall–Kier alpha value is -1.10. The van der Waals surface area contributed by atoms with E-state index in [4.69, 9.17) is 51.8 Å². The third-order valence-corrected chi connectivity index (χ3v) is 7.47. The largest absolute Gasteiger partial charge is 0.462 e. The minimum atomic E-state index is -1.91. The van der Waals surface area contributed by atoms with Crippen LogP contribution in [0.3, 0.4) is 0 Å². The zero-order valence-corrected chi connectivity index (χ0v) is 23.0. The van der Waals surface area contributed by atoms with Crippen LogP contribution in [0.4, 0.5) is 5.00 Å². The minimum Gasteiger partial charge on any atom is -0.462 e. The van der Waals surface area contributed by atoms with Crippen LogP contribution >= 0.6 is 74.3 Å². The average molecular weight is 614 g/mol. The third-order valence-electron chi connectivity index (χ3n) is 4.86. The van der Waals surface area contributed by atoms with Gasteiger partial charge in [0.15, 0.2) is 5.11 Å². The standard InChI is InChI=1S/C21H21BrCl3N3O3S2/c1-2-31-18(30)15-13-5-3-4-6-14(13)33-17(15)27-20(32)28-19(21(23,24)25)26-16(29)11-7-9-12(22)10-8-11/h7-10,19H,2-6H2,1H3,(H,26,29)(H2,27,28,32)/t19-/m1/s1. The van der Waals surface area contributed by atoms with Gasteiger partial charge in [-0.05, 0) is 74.7 Å². The Kier molecular flexibility index (Phi) is 9.28. The summed E-state index contributed by atoms with van der Waals surface area (Å²) >= 11 is 28.5. The summed E-state index contributed by atoms with van der Waals surface area (Å²) in [6, 6.07) is 6.73. The molecule has 0 saturated heterocycles. The smallest absolute Gasteiger partial charge is 0.341 e. The number of thiocarbonyl (C=S) groups is 1. The number of ether oxygens (including phenoxy) is 1. The van der Waals surface area contributed by atoms with E-state index in [0.717, 1.165) is 40.6 Å². The Morgan fingerprint density at radius 2 is 1.85 bits per heavy atom. The van der Waals surface area contributed by atoms with Crippen molar-refractivity contribution in [3.63, 3.8) is 0 Å². The molecule has 1 heterocycles. The van der Waals surface area contributed by atoms with Gasteiger partial charge in [-0.25, -0.2) is 4.79 Å². The maximum absolute atomic E-state index is 12.6. The Bertz CT molecular complexity index is 1040. The number of nitrogens with one attached hydrogen (secondary N) is 3. The van der Waals surface area contributed by atoms with Crippen LogP contribution in [0, 0.1) is 0 Å². The fourth-order valence-electron chi connectivity index (χ4n) is 3.36. The van der Waals surface area contributed by atoms with Gasteiger partial charge in [-0.15, -0.1) is 11.3 Å². The summed E-state index contributed by atoms with van der Waals surface area (Å²) in [5.74, 6) is -0.850. The molecule has 0 bridgehead atoms. The normalized spacial score (nSPS) is 14.1. The number of hydrogen-bond donors (Lipinski definition) is 3. The van der Waals surface area contributed by atoms with Crippen LogP contribution in [0.25, 0.3) is 0 Å². The van der Waals surface area contributed by atoms with E-state index in [2.05, 4.69) is 31.9 Å². The van der Waals surface area contributed by atoms with E-state index in [-0.39, 0.29) is 11.7 Å². The SMILES string of the molecule is CCOC(=O)c1c(NC(=S)N[C@@H](NC(=O)c2ccc(Br)cc2)C(Cl)(Cl)Cl)sc2c1CCCC2. The number of alkyl halides is 3. The van der Waals surface area contributed by atoms with Crippen LogP contribution in [-0.4, -0.2) is 33.6 Å². The number of aryl methyl sites for hydroxylation is 1. The summed E-state index contributed by atoms with van der Waals surface area (Å²) in [7, 11) is 0. The zero-order valence-electron chi connectivity index (χ0n) is 17.5. The minimum absolute atomic E-state index is 0.0894. The highest BCUT2D eigenvalue weighted by Gasteiger charge is 2.35. The summed E-state index contributed by atoms with van der Waals surface area (Å²) in [6.45, 7) is 2.03. The molecule has 6 nitrogen and oxygen atoms in total. The summed E-state index contributed by atoms with van der Waals surface area (Å²) in [4.78, 5) is 26.4. The maximum atomic E-state index is 12.6. The molecular formula is C21H21BrCl3N3O3S2. The Morgan fingerprint density at radius 3 is 2.48 bits per heavy atom. The molecule has 1 aliphatic rings. The first-order valence-corrected chi connectivity index (χ1v) is 13.3. The fraction of sp³-hybridized carbons (Fsp3) is 0.381. The number of fused-ring (bicyclic) bond motifs is 1. The molecule has 1 aromatic carbocycles. The van der Waals surface area contributed by atoms with Crippen molar-refractivity contribution in [2.45, 2.75) is 42.6 Å². The molecule has 0 aliphatic heterocycles. The van der Waals surface area contributed by atoms with E-state index in [1.165, 1.54) is 11.3 Å². The molecule has 0 fully saturated rings. The fourth-order valence-corrected chi connectivity index (χ4v) is 5.52. The number of thiophene rings is 1. The van der Waals surface area contributed by atoms with Gasteiger partial charge in [-0.1, -0.05) is 50.7 Å². The lowest BCUT2D eigenvalue weighted by Crippen LogP contribution is -2.56. The van der Waals surface area contributed by atoms with Crippen LogP contribution in [-0.2, 0) is 17.6 Å². The number of benzene rings is 1. The molecule has 2 aromatic rings. The number of amides is 1. The van der Waals surface area contributed by atoms with Crippen molar-refractivity contribution in [1.29, 1.82) is 0 Å². The first kappa shape index (κ1) is 26.5. The molecule has 3 N–H and O–H groups in total. The zero-order chi connectivity index (χ0) is 24.2. The molecule has 178 valence electrons. The average Bonchev–Trinajstić information content (AvgIpc) is 3.10. The van der Waals surface area contributed by atoms with Crippen LogP contribution in [0.1, 0.15) is 50.9 Å². The van der Waals surface area contributed by atoms with Gasteiger partial charge in [-0.2, -0.15) is 0 Å². The highest BCUT2D eigenvalue weighted by molar-refractivity contribution is 9.10. The number of halogens is 4. The van der Waals surface area contributed by atoms with Crippen molar-refractivity contribution >= 4 is 96.3 Å². The monoisotopic (exact) mass is 611 g/mol. The number of hydrogen-bond acceptors (Lipinski definition) is 5. The second kappa shape index (κ2) is 11.6. The van der Waals surface area contributed by atoms with Crippen molar-refractivity contribution in [2.24, 2.45) is 0 Å². The molecule has 0 spiro atoms. The first-order chi connectivity index (χ1) is 15.6. The summed E-state index contributed by atoms with van der Waals surface area (Å²) in [6.07, 6.45) is 2.64. The van der Waals surface area contributed by atoms with Gasteiger partial charge in [0, 0.05) is 14.9 Å². The second-order valence-electron chi connectivity index (χ2n) is 7.19. The Labute approximate surface area is 224 Å². The van der Waals surface area contributed by atoms with Crippen LogP contribution in [0.5, 0.6) is 0 Å². The maximum Gasteiger partial charge on any atom is 0.341 e. The third kappa shape index (κ3) is 6.96. The number of rotatable bonds is 6. The molecule has 3 rings (SSSR count). The molecule has 1 aromatic heterocycles. The molecule has 0 radical (unpaired) electrons. The van der Waals surface area contributed by atoms with Gasteiger partial charge in [0.1, 0.15) is 11.2 Å². The quantitative estimate of drug-likeness (QED) is 0.161. The van der Waals surface area contributed by atoms with Gasteiger partial charge >= 0.3 is 5.97 Å². The summed E-state index contributed by atoms with van der Waals surface area (Å²) in [5.41, 5.74) is 1.87. The van der Waals surface area contributed by atoms with Gasteiger partial charge in [0.25, 0.3) is 5.91 Å². The van der Waals surface area contributed by atoms with Gasteiger partial charge in [0.05, 0.1) is 12.2 Å². The molecule has 1 amide bonds. The lowest BCUT2D eigenvalue weighted by Gasteiger charge is -2.27. The highest BCUT2D eigenvalue weighted by atomic mass is 79.9. The van der Waals surface area contributed by atoms with Crippen LogP contribution in [0.2, 0.25) is 0 Å². The molecule has 12 heteroatoms. The molecule has 33 heavy (non-hydrogen) atoms. The molecule has 0 unspecified atom stereocenters. The lowest BCUT2D eigenvalue weighted by atomic mass is 9.95. The van der Waals surface area contributed by atoms with Crippen molar-refractivity contribution in [1.82, 2.24) is 10.6 Å². The predicted molar refractivity (Wildman–Crippen MR) is 142 cm³/mol. The number of anilines is 1. The molecule has 1 atom stereocenters. The molecule has 1 aliphatic carbocycles. The van der Waals surface area contributed by atoms with E-state index in [1.807, 2.05) is 0 Å². The van der Waals surface area contributed by atoms with Crippen molar-refractivity contribution in [2.75, 3.05) is 11.9 Å². The van der Waals surface area contributed by atoms with E-state index < -0.39 is 21.8 Å². The van der Waals surface area contributed by atoms with Crippen molar-refractivity contribution in [3.05, 3.63) is 50.3 Å². The molecule has 0 saturated carbocycles. The Morgan fingerprint density at radius 1 is 1.18 bits per heavy atom. The topological polar surface area (TPSA) is 79.5 Å². The second-order valence-corrected chi connectivity index (χ2v) is 12.0. The summed E-state index contributed by atoms with van der Waals surface area (Å²) < 4.78 is 4.18. The first-order valence-electron chi connectivity index (χ1n) is 10.1. The van der Waals surface area contributed by atoms with Crippen molar-refractivity contribution < 1.29 is 14.3 Å². The molecular weight excluding hydrogens is 593 g/mol. The number of esters is 1. The van der Waals surface area contributed by atoms with Gasteiger partial charge < -0.3 is 20.7 Å². The summed E-state index contributed by atoms with van der Waals surface area (Å²) in [5, 5.41) is 9.17. The van der Waals surface area contributed by atoms with Gasteiger partial charge in [0.2, 0.25) is 3.79 Å². The van der Waals surface area contributed by atoms with Gasteiger partial charge in [-0.3, -0.25) is 4.79 Å². The van der Waals surface area contributed by atoms with Crippen LogP contribution < -0.4 is 16.0 Å². The van der Waals surface area contributed by atoms with Crippen molar-refractivity contribution in [3.8, 4) is 0 Å². The van der Waals surface area contributed by atoms with E-state index in [1.54, 1.807) is 31.2 Å². The lowest BCUT2D eigenvalue weighted by molar-refractivity contribution is 0.0526.